The van der Waals surface area contributed by atoms with Gasteiger partial charge in [-0.05, 0) is 41.6 Å². The summed E-state index contributed by atoms with van der Waals surface area (Å²) < 4.78 is 19.2. The molecule has 0 saturated carbocycles. The maximum Gasteiger partial charge on any atom is 0.491 e. The molecule has 1 heterocycles. The topological polar surface area (TPSA) is 46.5 Å². The number of ketones is 1. The molecule has 1 N–H and O–H groups in total. The van der Waals surface area contributed by atoms with Crippen molar-refractivity contribution in [3.05, 3.63) is 64.5 Å². The van der Waals surface area contributed by atoms with Crippen LogP contribution in [-0.2, 0) is 17.5 Å². The van der Waals surface area contributed by atoms with Gasteiger partial charge >= 0.3 is 7.12 Å². The van der Waals surface area contributed by atoms with Crippen LogP contribution in [0.4, 0.5) is 4.39 Å². The summed E-state index contributed by atoms with van der Waals surface area (Å²) in [6, 6.07) is 10.3. The second-order valence-electron chi connectivity index (χ2n) is 5.54. The molecule has 2 aromatic carbocycles. The fraction of sp³-hybridized carbons (Fsp3) is 0.235. The average Bonchev–Trinajstić information content (AvgIpc) is 2.51. The highest BCUT2D eigenvalue weighted by Gasteiger charge is 2.25. The second kappa shape index (κ2) is 6.03. The largest absolute Gasteiger partial charge is 0.491 e. The molecule has 3 rings (SSSR count). The van der Waals surface area contributed by atoms with Gasteiger partial charge in [-0.1, -0.05) is 30.3 Å². The highest BCUT2D eigenvalue weighted by molar-refractivity contribution is 6.60. The Morgan fingerprint density at radius 2 is 2.18 bits per heavy atom. The number of hydrogen-bond acceptors (Lipinski definition) is 3. The number of aryl methyl sites for hydroxylation is 1. The number of benzene rings is 2. The van der Waals surface area contributed by atoms with Gasteiger partial charge in [0.1, 0.15) is 5.82 Å². The van der Waals surface area contributed by atoms with Crippen LogP contribution in [-0.4, -0.2) is 24.5 Å². The van der Waals surface area contributed by atoms with E-state index in [2.05, 4.69) is 0 Å². The zero-order valence-electron chi connectivity index (χ0n) is 12.3. The minimum absolute atomic E-state index is 0.0976. The molecule has 2 aromatic rings. The first-order valence-electron chi connectivity index (χ1n) is 7.26. The Hall–Kier alpha value is -1.98. The van der Waals surface area contributed by atoms with Crippen molar-refractivity contribution >= 4 is 18.4 Å². The molecule has 3 nitrogen and oxygen atoms in total. The third kappa shape index (κ3) is 2.82. The van der Waals surface area contributed by atoms with Gasteiger partial charge in [0.05, 0.1) is 5.56 Å². The van der Waals surface area contributed by atoms with Gasteiger partial charge in [0.2, 0.25) is 0 Å². The summed E-state index contributed by atoms with van der Waals surface area (Å²) >= 11 is 0. The van der Waals surface area contributed by atoms with Crippen molar-refractivity contribution in [1.29, 1.82) is 0 Å². The summed E-state index contributed by atoms with van der Waals surface area (Å²) in [7, 11) is -0.950. The average molecular weight is 298 g/mol. The molecule has 0 radical (unpaired) electrons. The summed E-state index contributed by atoms with van der Waals surface area (Å²) in [5.41, 5.74) is 3.03. The van der Waals surface area contributed by atoms with E-state index in [4.69, 9.17) is 4.65 Å². The lowest BCUT2D eigenvalue weighted by atomic mass is 9.72. The highest BCUT2D eigenvalue weighted by Crippen LogP contribution is 2.16. The van der Waals surface area contributed by atoms with E-state index in [-0.39, 0.29) is 17.8 Å². The quantitative estimate of drug-likeness (QED) is 0.694. The smallest absolute Gasteiger partial charge is 0.423 e. The zero-order valence-corrected chi connectivity index (χ0v) is 12.3. The molecular formula is C17H16BFO3. The van der Waals surface area contributed by atoms with Crippen molar-refractivity contribution in [1.82, 2.24) is 0 Å². The Labute approximate surface area is 128 Å². The molecule has 5 heteroatoms. The summed E-state index contributed by atoms with van der Waals surface area (Å²) in [5.74, 6) is -0.735. The Morgan fingerprint density at radius 3 is 3.00 bits per heavy atom. The van der Waals surface area contributed by atoms with Crippen LogP contribution in [0, 0.1) is 12.7 Å². The summed E-state index contributed by atoms with van der Waals surface area (Å²) in [5, 5.41) is 9.85. The summed E-state index contributed by atoms with van der Waals surface area (Å²) in [4.78, 5) is 12.3. The van der Waals surface area contributed by atoms with Crippen molar-refractivity contribution in [2.75, 3.05) is 6.61 Å². The minimum Gasteiger partial charge on any atom is -0.423 e. The highest BCUT2D eigenvalue weighted by atomic mass is 19.1. The Morgan fingerprint density at radius 1 is 1.36 bits per heavy atom. The third-order valence-corrected chi connectivity index (χ3v) is 3.98. The van der Waals surface area contributed by atoms with E-state index in [9.17, 15) is 14.2 Å². The molecule has 0 atom stereocenters. The third-order valence-electron chi connectivity index (χ3n) is 3.98. The van der Waals surface area contributed by atoms with Gasteiger partial charge in [0, 0.05) is 13.0 Å². The molecule has 0 aliphatic carbocycles. The maximum atomic E-state index is 14.0. The molecule has 0 bridgehead atoms. The molecule has 22 heavy (non-hydrogen) atoms. The van der Waals surface area contributed by atoms with Gasteiger partial charge in [0.15, 0.2) is 5.78 Å². The first-order chi connectivity index (χ1) is 10.6. The van der Waals surface area contributed by atoms with Gasteiger partial charge in [-0.2, -0.15) is 0 Å². The Bertz CT molecular complexity index is 730. The van der Waals surface area contributed by atoms with Crippen LogP contribution in [0.3, 0.4) is 0 Å². The zero-order chi connectivity index (χ0) is 15.7. The van der Waals surface area contributed by atoms with Gasteiger partial charge < -0.3 is 9.68 Å². The molecule has 0 aromatic heterocycles. The molecule has 0 spiro atoms. The number of halogens is 1. The first-order valence-corrected chi connectivity index (χ1v) is 7.26. The molecule has 0 fully saturated rings. The lowest BCUT2D eigenvalue weighted by Crippen LogP contribution is -2.41. The van der Waals surface area contributed by atoms with Crippen LogP contribution in [0.1, 0.15) is 27.0 Å². The number of carbonyl (C=O) groups excluding carboxylic acids is 1. The van der Waals surface area contributed by atoms with Gasteiger partial charge in [-0.15, -0.1) is 0 Å². The van der Waals surface area contributed by atoms with Crippen molar-refractivity contribution in [3.8, 4) is 0 Å². The molecule has 112 valence electrons. The molecule has 1 aliphatic heterocycles. The van der Waals surface area contributed by atoms with Crippen molar-refractivity contribution in [2.24, 2.45) is 0 Å². The SMILES string of the molecule is Cc1cccc(C(=O)Cc2ccc3c(c2)B(O)OCC3)c1F. The van der Waals surface area contributed by atoms with Crippen molar-refractivity contribution in [3.63, 3.8) is 0 Å². The molecule has 0 amide bonds. The van der Waals surface area contributed by atoms with Crippen LogP contribution in [0.2, 0.25) is 0 Å². The number of fused-ring (bicyclic) bond motifs is 1. The van der Waals surface area contributed by atoms with E-state index in [1.165, 1.54) is 6.07 Å². The molecule has 1 aliphatic rings. The molecule has 0 saturated heterocycles. The van der Waals surface area contributed by atoms with Gasteiger partial charge in [-0.25, -0.2) is 4.39 Å². The monoisotopic (exact) mass is 298 g/mol. The van der Waals surface area contributed by atoms with Crippen LogP contribution in [0.5, 0.6) is 0 Å². The summed E-state index contributed by atoms with van der Waals surface area (Å²) in [6.45, 7) is 2.12. The van der Waals surface area contributed by atoms with Gasteiger partial charge in [-0.3, -0.25) is 4.79 Å². The molecule has 0 unspecified atom stereocenters. The van der Waals surface area contributed by atoms with Crippen LogP contribution >= 0.6 is 0 Å². The van der Waals surface area contributed by atoms with E-state index in [1.54, 1.807) is 25.1 Å². The van der Waals surface area contributed by atoms with E-state index >= 15 is 0 Å². The van der Waals surface area contributed by atoms with Crippen LogP contribution in [0.15, 0.2) is 36.4 Å². The van der Waals surface area contributed by atoms with Crippen LogP contribution in [0.25, 0.3) is 0 Å². The summed E-state index contributed by atoms with van der Waals surface area (Å²) in [6.07, 6.45) is 0.841. The van der Waals surface area contributed by atoms with Crippen molar-refractivity contribution in [2.45, 2.75) is 19.8 Å². The van der Waals surface area contributed by atoms with E-state index in [0.29, 0.717) is 17.6 Å². The van der Waals surface area contributed by atoms with E-state index in [1.807, 2.05) is 12.1 Å². The minimum atomic E-state index is -0.950. The lowest BCUT2D eigenvalue weighted by molar-refractivity contribution is 0.0989. The fourth-order valence-corrected chi connectivity index (χ4v) is 2.73. The predicted octanol–water partition coefficient (Wildman–Crippen LogP) is 1.82. The standard InChI is InChI=1S/C17H16BFO3/c1-11-3-2-4-14(17(11)19)16(20)10-12-5-6-13-7-8-22-18(21)15(13)9-12/h2-6,9,21H,7-8,10H2,1H3. The van der Waals surface area contributed by atoms with Gasteiger partial charge in [0.25, 0.3) is 0 Å². The number of carbonyl (C=O) groups is 1. The Kier molecular flexibility index (Phi) is 4.09. The molecular weight excluding hydrogens is 282 g/mol. The number of hydrogen-bond donors (Lipinski definition) is 1. The van der Waals surface area contributed by atoms with E-state index < -0.39 is 12.9 Å². The second-order valence-corrected chi connectivity index (χ2v) is 5.54. The Balaban J connectivity index is 1.85. The number of rotatable bonds is 3. The lowest BCUT2D eigenvalue weighted by Gasteiger charge is -2.19. The fourth-order valence-electron chi connectivity index (χ4n) is 2.73. The van der Waals surface area contributed by atoms with E-state index in [0.717, 1.165) is 17.5 Å². The predicted molar refractivity (Wildman–Crippen MR) is 82.9 cm³/mol. The van der Waals surface area contributed by atoms with Crippen LogP contribution < -0.4 is 5.46 Å². The number of Topliss-reactive ketones (excluding diaryl/α,β-unsaturated/α-hetero) is 1. The first kappa shape index (κ1) is 14.9. The maximum absolute atomic E-state index is 14.0. The van der Waals surface area contributed by atoms with Crippen molar-refractivity contribution < 1.29 is 18.9 Å². The normalized spacial score (nSPS) is 13.9.